The Morgan fingerprint density at radius 1 is 0.909 bits per heavy atom. The molecular weight excluding hydrogens is 412 g/mol. The Bertz CT molecular complexity index is 1280. The summed E-state index contributed by atoms with van der Waals surface area (Å²) in [5.41, 5.74) is 4.74. The second-order valence-corrected chi connectivity index (χ2v) is 7.61. The summed E-state index contributed by atoms with van der Waals surface area (Å²) in [5, 5.41) is 3.93. The minimum Gasteiger partial charge on any atom is -0.490 e. The predicted octanol–water partition coefficient (Wildman–Crippen LogP) is 6.13. The highest BCUT2D eigenvalue weighted by Crippen LogP contribution is 2.29. The fourth-order valence-corrected chi connectivity index (χ4v) is 3.41. The number of carbonyl (C=O) groups excluding carboxylic acids is 1. The Labute approximate surface area is 193 Å². The zero-order chi connectivity index (χ0) is 23.0. The van der Waals surface area contributed by atoms with Crippen LogP contribution < -0.4 is 14.8 Å². The number of aryl methyl sites for hydroxylation is 1. The molecule has 1 aromatic heterocycles. The maximum absolute atomic E-state index is 12.2. The number of benzene rings is 3. The zero-order valence-electron chi connectivity index (χ0n) is 18.7. The van der Waals surface area contributed by atoms with E-state index in [-0.39, 0.29) is 12.5 Å². The van der Waals surface area contributed by atoms with Crippen LogP contribution in [0.15, 0.2) is 78.9 Å². The van der Waals surface area contributed by atoms with E-state index in [0.717, 1.165) is 27.8 Å². The van der Waals surface area contributed by atoms with Gasteiger partial charge in [0.1, 0.15) is 0 Å². The molecular formula is C28H26N2O3. The summed E-state index contributed by atoms with van der Waals surface area (Å²) < 4.78 is 11.5. The lowest BCUT2D eigenvalue weighted by atomic mass is 10.1. The highest BCUT2D eigenvalue weighted by Gasteiger charge is 2.09. The van der Waals surface area contributed by atoms with Gasteiger partial charge in [-0.15, -0.1) is 0 Å². The molecule has 0 bridgehead atoms. The fraction of sp³-hybridized carbons (Fsp3) is 0.143. The van der Waals surface area contributed by atoms with Crippen LogP contribution in [0, 0.1) is 6.92 Å². The van der Waals surface area contributed by atoms with Gasteiger partial charge in [-0.3, -0.25) is 4.79 Å². The lowest BCUT2D eigenvalue weighted by Crippen LogP contribution is -2.20. The van der Waals surface area contributed by atoms with Crippen molar-refractivity contribution in [2.75, 3.05) is 18.5 Å². The van der Waals surface area contributed by atoms with Crippen molar-refractivity contribution in [2.24, 2.45) is 0 Å². The van der Waals surface area contributed by atoms with Gasteiger partial charge in [0.15, 0.2) is 18.1 Å². The maximum atomic E-state index is 12.2. The lowest BCUT2D eigenvalue weighted by molar-refractivity contribution is -0.118. The van der Waals surface area contributed by atoms with Gasteiger partial charge in [0, 0.05) is 11.1 Å². The number of anilines is 1. The van der Waals surface area contributed by atoms with Gasteiger partial charge in [-0.1, -0.05) is 48.0 Å². The van der Waals surface area contributed by atoms with Crippen molar-refractivity contribution in [3.63, 3.8) is 0 Å². The van der Waals surface area contributed by atoms with Gasteiger partial charge in [0.25, 0.3) is 5.91 Å². The lowest BCUT2D eigenvalue weighted by Gasteiger charge is -2.13. The smallest absolute Gasteiger partial charge is 0.262 e. The Morgan fingerprint density at radius 2 is 1.76 bits per heavy atom. The molecule has 0 aliphatic heterocycles. The number of nitrogens with one attached hydrogen (secondary N) is 1. The second kappa shape index (κ2) is 10.5. The average Bonchev–Trinajstić information content (AvgIpc) is 2.83. The van der Waals surface area contributed by atoms with Gasteiger partial charge in [-0.2, -0.15) is 0 Å². The van der Waals surface area contributed by atoms with Crippen LogP contribution in [0.3, 0.4) is 0 Å². The minimum absolute atomic E-state index is 0.107. The Hall–Kier alpha value is -4.12. The van der Waals surface area contributed by atoms with E-state index in [1.54, 1.807) is 0 Å². The van der Waals surface area contributed by atoms with Crippen LogP contribution in [-0.4, -0.2) is 24.1 Å². The summed E-state index contributed by atoms with van der Waals surface area (Å²) in [6, 6.07) is 25.2. The second-order valence-electron chi connectivity index (χ2n) is 7.61. The van der Waals surface area contributed by atoms with Crippen LogP contribution in [0.1, 0.15) is 23.7 Å². The van der Waals surface area contributed by atoms with E-state index in [2.05, 4.69) is 30.4 Å². The third-order valence-corrected chi connectivity index (χ3v) is 5.00. The number of hydrogen-bond acceptors (Lipinski definition) is 4. The summed E-state index contributed by atoms with van der Waals surface area (Å²) in [5.74, 6) is 0.885. The number of carbonyl (C=O) groups is 1. The van der Waals surface area contributed by atoms with Gasteiger partial charge in [-0.25, -0.2) is 4.98 Å². The molecule has 5 heteroatoms. The number of fused-ring (bicyclic) bond motifs is 1. The molecule has 3 aromatic carbocycles. The summed E-state index contributed by atoms with van der Waals surface area (Å²) in [6.07, 6.45) is 3.95. The third-order valence-electron chi connectivity index (χ3n) is 5.00. The van der Waals surface area contributed by atoms with Crippen LogP contribution in [-0.2, 0) is 4.79 Å². The zero-order valence-corrected chi connectivity index (χ0v) is 18.7. The van der Waals surface area contributed by atoms with Gasteiger partial charge in [-0.05, 0) is 68.0 Å². The summed E-state index contributed by atoms with van der Waals surface area (Å²) in [4.78, 5) is 16.9. The first-order chi connectivity index (χ1) is 16.1. The first kappa shape index (κ1) is 22.1. The number of nitrogens with zero attached hydrogens (tertiary/aromatic N) is 1. The molecule has 0 radical (unpaired) electrons. The molecule has 0 saturated heterocycles. The number of amides is 1. The van der Waals surface area contributed by atoms with E-state index in [4.69, 9.17) is 14.5 Å². The van der Waals surface area contributed by atoms with E-state index in [9.17, 15) is 4.79 Å². The van der Waals surface area contributed by atoms with Crippen molar-refractivity contribution >= 4 is 34.6 Å². The molecule has 0 spiro atoms. The molecule has 33 heavy (non-hydrogen) atoms. The first-order valence-corrected chi connectivity index (χ1v) is 10.9. The molecule has 1 N–H and O–H groups in total. The normalized spacial score (nSPS) is 11.0. The molecule has 0 saturated carbocycles. The molecule has 0 atom stereocenters. The quantitative estimate of drug-likeness (QED) is 0.359. The van der Waals surface area contributed by atoms with Crippen molar-refractivity contribution in [3.8, 4) is 11.5 Å². The van der Waals surface area contributed by atoms with Crippen molar-refractivity contribution in [3.05, 3.63) is 95.7 Å². The monoisotopic (exact) mass is 438 g/mol. The van der Waals surface area contributed by atoms with Gasteiger partial charge >= 0.3 is 0 Å². The number of para-hydroxylation sites is 1. The summed E-state index contributed by atoms with van der Waals surface area (Å²) in [7, 11) is 0. The van der Waals surface area contributed by atoms with Crippen molar-refractivity contribution in [1.82, 2.24) is 4.98 Å². The Morgan fingerprint density at radius 3 is 2.58 bits per heavy atom. The molecule has 0 fully saturated rings. The van der Waals surface area contributed by atoms with Crippen molar-refractivity contribution in [2.45, 2.75) is 13.8 Å². The Balaban J connectivity index is 1.45. The maximum Gasteiger partial charge on any atom is 0.262 e. The molecule has 4 aromatic rings. The molecule has 0 aliphatic carbocycles. The average molecular weight is 439 g/mol. The summed E-state index contributed by atoms with van der Waals surface area (Å²) in [6.45, 7) is 4.37. The number of aromatic nitrogens is 1. The van der Waals surface area contributed by atoms with E-state index < -0.39 is 0 Å². The van der Waals surface area contributed by atoms with Crippen molar-refractivity contribution in [1.29, 1.82) is 0 Å². The van der Waals surface area contributed by atoms with Crippen LogP contribution in [0.4, 0.5) is 5.69 Å². The van der Waals surface area contributed by atoms with E-state index in [0.29, 0.717) is 18.1 Å². The molecule has 0 unspecified atom stereocenters. The molecule has 166 valence electrons. The van der Waals surface area contributed by atoms with Gasteiger partial charge in [0.2, 0.25) is 0 Å². The molecule has 4 rings (SSSR count). The van der Waals surface area contributed by atoms with Gasteiger partial charge in [0.05, 0.1) is 17.8 Å². The molecule has 5 nitrogen and oxygen atoms in total. The van der Waals surface area contributed by atoms with Crippen LogP contribution in [0.5, 0.6) is 11.5 Å². The topological polar surface area (TPSA) is 60.5 Å². The third kappa shape index (κ3) is 5.98. The number of rotatable bonds is 8. The minimum atomic E-state index is -0.231. The molecule has 1 heterocycles. The predicted molar refractivity (Wildman–Crippen MR) is 134 cm³/mol. The first-order valence-electron chi connectivity index (χ1n) is 10.9. The number of ether oxygens (including phenoxy) is 2. The van der Waals surface area contributed by atoms with Crippen LogP contribution in [0.25, 0.3) is 23.1 Å². The largest absolute Gasteiger partial charge is 0.490 e. The standard InChI is InChI=1S/C28H26N2O3/c1-3-32-27-18-21(10-13-24-14-12-22-17-20(2)9-15-25(22)29-24)11-16-26(27)33-19-28(31)30-23-7-5-4-6-8-23/h4-18H,3,19H2,1-2H3,(H,30,31)/b13-10+. The SMILES string of the molecule is CCOc1cc(/C=C/c2ccc3cc(C)ccc3n2)ccc1OCC(=O)Nc1ccccc1. The van der Waals surface area contributed by atoms with Crippen LogP contribution >= 0.6 is 0 Å². The van der Waals surface area contributed by atoms with Crippen molar-refractivity contribution < 1.29 is 14.3 Å². The van der Waals surface area contributed by atoms with E-state index in [1.807, 2.05) is 79.7 Å². The number of hydrogen-bond donors (Lipinski definition) is 1. The highest BCUT2D eigenvalue weighted by atomic mass is 16.5. The molecule has 0 aliphatic rings. The summed E-state index contributed by atoms with van der Waals surface area (Å²) >= 11 is 0. The Kier molecular flexibility index (Phi) is 7.00. The van der Waals surface area contributed by atoms with Crippen LogP contribution in [0.2, 0.25) is 0 Å². The number of pyridine rings is 1. The fourth-order valence-electron chi connectivity index (χ4n) is 3.41. The van der Waals surface area contributed by atoms with E-state index in [1.165, 1.54) is 5.56 Å². The highest BCUT2D eigenvalue weighted by molar-refractivity contribution is 5.91. The van der Waals surface area contributed by atoms with E-state index >= 15 is 0 Å². The van der Waals surface area contributed by atoms with Gasteiger partial charge < -0.3 is 14.8 Å². The molecule has 1 amide bonds.